The first-order valence-corrected chi connectivity index (χ1v) is 7.15. The van der Waals surface area contributed by atoms with E-state index in [1.807, 2.05) is 19.1 Å². The molecule has 1 aliphatic rings. The Morgan fingerprint density at radius 1 is 1.45 bits per heavy atom. The largest absolute Gasteiger partial charge is 0.480 e. The minimum atomic E-state index is -1.05. The molecule has 1 rings (SSSR count). The molecule has 0 aromatic heterocycles. The quantitative estimate of drug-likeness (QED) is 0.698. The summed E-state index contributed by atoms with van der Waals surface area (Å²) in [6, 6.07) is -0.891. The molecule has 0 aromatic carbocycles. The average Bonchev–Trinajstić information content (AvgIpc) is 2.71. The second kappa shape index (κ2) is 7.82. The van der Waals surface area contributed by atoms with Crippen molar-refractivity contribution in [2.45, 2.75) is 52.0 Å². The Morgan fingerprint density at radius 3 is 2.75 bits per heavy atom. The zero-order chi connectivity index (χ0) is 15.1. The summed E-state index contributed by atoms with van der Waals surface area (Å²) in [5, 5.41) is 11.2. The van der Waals surface area contributed by atoms with Gasteiger partial charge in [0.2, 0.25) is 5.91 Å². The lowest BCUT2D eigenvalue weighted by atomic mass is 9.89. The van der Waals surface area contributed by atoms with Crippen LogP contribution in [-0.4, -0.2) is 28.8 Å². The normalized spacial score (nSPS) is 24.0. The van der Waals surface area contributed by atoms with Gasteiger partial charge < -0.3 is 10.4 Å². The first kappa shape index (κ1) is 16.4. The molecule has 1 aliphatic carbocycles. The fourth-order valence-corrected chi connectivity index (χ4v) is 2.56. The van der Waals surface area contributed by atoms with Crippen molar-refractivity contribution < 1.29 is 19.5 Å². The number of allylic oxidation sites excluding steroid dienone is 2. The standard InChI is InChI=1S/C15H23NO4/c1-3-4-5-6-12-11(7-8-13(12)17)9-14(18)16-10(2)15(19)20/h4-5,10-12H,3,6-9H2,1-2H3,(H,16,18)(H,19,20)/b5-4-/t10-,11+,12-/m0/s1. The van der Waals surface area contributed by atoms with Gasteiger partial charge in [0, 0.05) is 18.8 Å². The van der Waals surface area contributed by atoms with Crippen LogP contribution in [0.5, 0.6) is 0 Å². The Balaban J connectivity index is 2.52. The first-order valence-electron chi connectivity index (χ1n) is 7.15. The fraction of sp³-hybridized carbons (Fsp3) is 0.667. The number of nitrogens with one attached hydrogen (secondary N) is 1. The highest BCUT2D eigenvalue weighted by Gasteiger charge is 2.35. The van der Waals surface area contributed by atoms with Crippen molar-refractivity contribution in [2.24, 2.45) is 11.8 Å². The van der Waals surface area contributed by atoms with Crippen LogP contribution in [0, 0.1) is 11.8 Å². The molecule has 0 saturated heterocycles. The molecule has 5 nitrogen and oxygen atoms in total. The fourth-order valence-electron chi connectivity index (χ4n) is 2.56. The number of Topliss-reactive ketones (excluding diaryl/α,β-unsaturated/α-hetero) is 1. The van der Waals surface area contributed by atoms with E-state index in [1.54, 1.807) is 0 Å². The van der Waals surface area contributed by atoms with Gasteiger partial charge in [-0.25, -0.2) is 0 Å². The number of hydrogen-bond donors (Lipinski definition) is 2. The van der Waals surface area contributed by atoms with Gasteiger partial charge in [0.1, 0.15) is 11.8 Å². The predicted molar refractivity (Wildman–Crippen MR) is 75.1 cm³/mol. The van der Waals surface area contributed by atoms with Crippen molar-refractivity contribution in [2.75, 3.05) is 0 Å². The van der Waals surface area contributed by atoms with Crippen LogP contribution >= 0.6 is 0 Å². The zero-order valence-corrected chi connectivity index (χ0v) is 12.1. The van der Waals surface area contributed by atoms with Gasteiger partial charge in [-0.15, -0.1) is 0 Å². The number of carboxylic acids is 1. The number of hydrogen-bond acceptors (Lipinski definition) is 3. The lowest BCUT2D eigenvalue weighted by molar-refractivity contribution is -0.141. The average molecular weight is 281 g/mol. The molecular weight excluding hydrogens is 258 g/mol. The molecule has 0 aromatic rings. The smallest absolute Gasteiger partial charge is 0.325 e. The van der Waals surface area contributed by atoms with Crippen LogP contribution in [0.15, 0.2) is 12.2 Å². The van der Waals surface area contributed by atoms with E-state index in [0.717, 1.165) is 12.8 Å². The number of carbonyl (C=O) groups is 3. The van der Waals surface area contributed by atoms with E-state index in [9.17, 15) is 14.4 Å². The van der Waals surface area contributed by atoms with Crippen LogP contribution in [0.2, 0.25) is 0 Å². The molecule has 112 valence electrons. The Hall–Kier alpha value is -1.65. The summed E-state index contributed by atoms with van der Waals surface area (Å²) in [4.78, 5) is 34.3. The molecule has 1 fully saturated rings. The third kappa shape index (κ3) is 4.79. The van der Waals surface area contributed by atoms with Crippen molar-refractivity contribution in [3.63, 3.8) is 0 Å². The van der Waals surface area contributed by atoms with Gasteiger partial charge in [-0.05, 0) is 32.1 Å². The number of carboxylic acid groups (broad SMARTS) is 1. The summed E-state index contributed by atoms with van der Waals surface area (Å²) in [5.41, 5.74) is 0. The van der Waals surface area contributed by atoms with E-state index in [-0.39, 0.29) is 29.9 Å². The molecule has 1 saturated carbocycles. The summed E-state index contributed by atoms with van der Waals surface area (Å²) < 4.78 is 0. The molecule has 2 N–H and O–H groups in total. The third-order valence-corrected chi connectivity index (χ3v) is 3.73. The molecule has 0 bridgehead atoms. The van der Waals surface area contributed by atoms with E-state index in [2.05, 4.69) is 5.32 Å². The lowest BCUT2D eigenvalue weighted by Gasteiger charge is -2.17. The molecule has 3 atom stereocenters. The summed E-state index contributed by atoms with van der Waals surface area (Å²) in [5.74, 6) is -1.18. The van der Waals surface area contributed by atoms with Gasteiger partial charge in [0.25, 0.3) is 0 Å². The molecule has 0 aliphatic heterocycles. The van der Waals surface area contributed by atoms with Gasteiger partial charge in [-0.1, -0.05) is 19.1 Å². The van der Waals surface area contributed by atoms with E-state index >= 15 is 0 Å². The van der Waals surface area contributed by atoms with Crippen molar-refractivity contribution in [3.8, 4) is 0 Å². The molecule has 5 heteroatoms. The number of aliphatic carboxylic acids is 1. The molecular formula is C15H23NO4. The Morgan fingerprint density at radius 2 is 2.15 bits per heavy atom. The summed E-state index contributed by atoms with van der Waals surface area (Å²) in [7, 11) is 0. The molecule has 0 heterocycles. The Kier molecular flexibility index (Phi) is 6.42. The molecule has 0 unspecified atom stereocenters. The third-order valence-electron chi connectivity index (χ3n) is 3.73. The number of amides is 1. The van der Waals surface area contributed by atoms with Gasteiger partial charge in [-0.3, -0.25) is 14.4 Å². The van der Waals surface area contributed by atoms with Crippen LogP contribution in [-0.2, 0) is 14.4 Å². The second-order valence-electron chi connectivity index (χ2n) is 5.32. The maximum Gasteiger partial charge on any atom is 0.325 e. The Labute approximate surface area is 119 Å². The molecule has 0 radical (unpaired) electrons. The first-order chi connectivity index (χ1) is 9.45. The number of rotatable bonds is 7. The highest BCUT2D eigenvalue weighted by atomic mass is 16.4. The molecule has 0 spiro atoms. The maximum absolute atomic E-state index is 11.8. The van der Waals surface area contributed by atoms with Gasteiger partial charge in [0.15, 0.2) is 0 Å². The topological polar surface area (TPSA) is 83.5 Å². The van der Waals surface area contributed by atoms with Crippen molar-refractivity contribution in [1.29, 1.82) is 0 Å². The van der Waals surface area contributed by atoms with E-state index < -0.39 is 12.0 Å². The molecule has 20 heavy (non-hydrogen) atoms. The lowest BCUT2D eigenvalue weighted by Crippen LogP contribution is -2.39. The van der Waals surface area contributed by atoms with Crippen LogP contribution in [0.3, 0.4) is 0 Å². The van der Waals surface area contributed by atoms with Crippen molar-refractivity contribution >= 4 is 17.7 Å². The van der Waals surface area contributed by atoms with Gasteiger partial charge >= 0.3 is 5.97 Å². The van der Waals surface area contributed by atoms with Crippen LogP contribution < -0.4 is 5.32 Å². The maximum atomic E-state index is 11.8. The van der Waals surface area contributed by atoms with Crippen molar-refractivity contribution in [3.05, 3.63) is 12.2 Å². The van der Waals surface area contributed by atoms with Gasteiger partial charge in [0.05, 0.1) is 0 Å². The predicted octanol–water partition coefficient (Wildman–Crippen LogP) is 1.92. The van der Waals surface area contributed by atoms with Crippen LogP contribution in [0.25, 0.3) is 0 Å². The van der Waals surface area contributed by atoms with E-state index in [1.165, 1.54) is 6.92 Å². The summed E-state index contributed by atoms with van der Waals surface area (Å²) >= 11 is 0. The summed E-state index contributed by atoms with van der Waals surface area (Å²) in [6.45, 7) is 3.46. The van der Waals surface area contributed by atoms with Crippen LogP contribution in [0.1, 0.15) is 46.0 Å². The highest BCUT2D eigenvalue weighted by Crippen LogP contribution is 2.34. The Bertz CT molecular complexity index is 403. The minimum absolute atomic E-state index is 0.0324. The highest BCUT2D eigenvalue weighted by molar-refractivity contribution is 5.86. The van der Waals surface area contributed by atoms with E-state index in [0.29, 0.717) is 12.8 Å². The summed E-state index contributed by atoms with van der Waals surface area (Å²) in [6.07, 6.45) is 7.11. The van der Waals surface area contributed by atoms with E-state index in [4.69, 9.17) is 5.11 Å². The van der Waals surface area contributed by atoms with Gasteiger partial charge in [-0.2, -0.15) is 0 Å². The number of ketones is 1. The molecule has 1 amide bonds. The van der Waals surface area contributed by atoms with Crippen LogP contribution in [0.4, 0.5) is 0 Å². The zero-order valence-electron chi connectivity index (χ0n) is 12.1. The van der Waals surface area contributed by atoms with Crippen molar-refractivity contribution in [1.82, 2.24) is 5.32 Å². The second-order valence-corrected chi connectivity index (χ2v) is 5.32. The monoisotopic (exact) mass is 281 g/mol. The minimum Gasteiger partial charge on any atom is -0.480 e. The number of carbonyl (C=O) groups excluding carboxylic acids is 2. The SMILES string of the molecule is CC/C=C\C[C@@H]1C(=O)CC[C@@H]1CC(=O)N[C@@H](C)C(=O)O.